The predicted molar refractivity (Wildman–Crippen MR) is 79.7 cm³/mol. The highest BCUT2D eigenvalue weighted by molar-refractivity contribution is 9.10. The number of piperidine rings is 1. The highest BCUT2D eigenvalue weighted by Gasteiger charge is 2.23. The lowest BCUT2D eigenvalue weighted by atomic mass is 10.0. The van der Waals surface area contributed by atoms with Gasteiger partial charge in [-0.05, 0) is 41.4 Å². The van der Waals surface area contributed by atoms with Crippen molar-refractivity contribution >= 4 is 27.3 Å². The SMILES string of the molecule is CN(CC1CCCCN1)c1cc(Br)c(F)cc1[N+](=O)[O-]. The van der Waals surface area contributed by atoms with Gasteiger partial charge >= 0.3 is 0 Å². The number of nitrogens with zero attached hydrogens (tertiary/aromatic N) is 2. The molecule has 1 fully saturated rings. The fourth-order valence-corrected chi connectivity index (χ4v) is 2.82. The van der Waals surface area contributed by atoms with Crippen molar-refractivity contribution in [2.45, 2.75) is 25.3 Å². The molecule has 0 bridgehead atoms. The topological polar surface area (TPSA) is 58.4 Å². The maximum Gasteiger partial charge on any atom is 0.295 e. The first-order chi connectivity index (χ1) is 9.49. The zero-order chi connectivity index (χ0) is 14.7. The Labute approximate surface area is 125 Å². The molecule has 0 spiro atoms. The molecular weight excluding hydrogens is 329 g/mol. The molecule has 0 saturated carbocycles. The van der Waals surface area contributed by atoms with E-state index in [0.29, 0.717) is 18.3 Å². The summed E-state index contributed by atoms with van der Waals surface area (Å²) in [6.07, 6.45) is 3.39. The summed E-state index contributed by atoms with van der Waals surface area (Å²) in [4.78, 5) is 12.3. The molecule has 1 aliphatic heterocycles. The lowest BCUT2D eigenvalue weighted by Crippen LogP contribution is -2.42. The quantitative estimate of drug-likeness (QED) is 0.672. The summed E-state index contributed by atoms with van der Waals surface area (Å²) in [6, 6.07) is 2.75. The number of benzene rings is 1. The van der Waals surface area contributed by atoms with Crippen LogP contribution >= 0.6 is 15.9 Å². The molecule has 2 rings (SSSR count). The minimum Gasteiger partial charge on any atom is -0.367 e. The number of anilines is 1. The molecule has 1 unspecified atom stereocenters. The zero-order valence-corrected chi connectivity index (χ0v) is 12.8. The number of nitrogens with one attached hydrogen (secondary N) is 1. The van der Waals surface area contributed by atoms with Crippen LogP contribution in [0.1, 0.15) is 19.3 Å². The van der Waals surface area contributed by atoms with E-state index in [1.54, 1.807) is 7.05 Å². The Morgan fingerprint density at radius 3 is 2.90 bits per heavy atom. The third-order valence-corrected chi connectivity index (χ3v) is 4.14. The highest BCUT2D eigenvalue weighted by Crippen LogP contribution is 2.33. The van der Waals surface area contributed by atoms with Gasteiger partial charge in [-0.2, -0.15) is 0 Å². The molecule has 1 aliphatic rings. The van der Waals surface area contributed by atoms with Gasteiger partial charge in [0.05, 0.1) is 15.5 Å². The Bertz CT molecular complexity index is 507. The molecule has 7 heteroatoms. The second-order valence-electron chi connectivity index (χ2n) is 5.04. The smallest absolute Gasteiger partial charge is 0.295 e. The molecule has 1 heterocycles. The summed E-state index contributed by atoms with van der Waals surface area (Å²) in [5.74, 6) is -0.621. The molecule has 1 atom stereocenters. The normalized spacial score (nSPS) is 18.9. The van der Waals surface area contributed by atoms with Crippen LogP contribution in [0.5, 0.6) is 0 Å². The van der Waals surface area contributed by atoms with Crippen molar-refractivity contribution in [3.63, 3.8) is 0 Å². The van der Waals surface area contributed by atoms with Crippen LogP contribution in [0.25, 0.3) is 0 Å². The highest BCUT2D eigenvalue weighted by atomic mass is 79.9. The van der Waals surface area contributed by atoms with E-state index < -0.39 is 10.7 Å². The van der Waals surface area contributed by atoms with Crippen LogP contribution in [0, 0.1) is 15.9 Å². The van der Waals surface area contributed by atoms with Crippen molar-refractivity contribution < 1.29 is 9.31 Å². The zero-order valence-electron chi connectivity index (χ0n) is 11.2. The van der Waals surface area contributed by atoms with Gasteiger partial charge in [-0.25, -0.2) is 4.39 Å². The molecule has 1 saturated heterocycles. The number of likely N-dealkylation sites (N-methyl/N-ethyl adjacent to an activating group) is 1. The molecule has 1 N–H and O–H groups in total. The maximum absolute atomic E-state index is 13.5. The predicted octanol–water partition coefficient (Wildman–Crippen LogP) is 3.07. The summed E-state index contributed by atoms with van der Waals surface area (Å²) in [5.41, 5.74) is 0.222. The number of rotatable bonds is 4. The van der Waals surface area contributed by atoms with Crippen molar-refractivity contribution in [1.29, 1.82) is 0 Å². The number of hydrogen-bond acceptors (Lipinski definition) is 4. The van der Waals surface area contributed by atoms with Gasteiger partial charge in [0, 0.05) is 19.6 Å². The minimum absolute atomic E-state index is 0.205. The summed E-state index contributed by atoms with van der Waals surface area (Å²) in [7, 11) is 1.79. The fraction of sp³-hybridized carbons (Fsp3) is 0.538. The minimum atomic E-state index is -0.621. The van der Waals surface area contributed by atoms with Gasteiger partial charge in [-0.1, -0.05) is 6.42 Å². The molecule has 0 aromatic heterocycles. The van der Waals surface area contributed by atoms with Crippen LogP contribution in [0.3, 0.4) is 0 Å². The van der Waals surface area contributed by atoms with E-state index >= 15 is 0 Å². The van der Waals surface area contributed by atoms with Gasteiger partial charge in [0.2, 0.25) is 0 Å². The average molecular weight is 346 g/mol. The average Bonchev–Trinajstić information content (AvgIpc) is 2.42. The van der Waals surface area contributed by atoms with Gasteiger partial charge in [0.1, 0.15) is 11.5 Å². The van der Waals surface area contributed by atoms with E-state index in [4.69, 9.17) is 0 Å². The Hall–Kier alpha value is -1.21. The molecule has 20 heavy (non-hydrogen) atoms. The van der Waals surface area contributed by atoms with E-state index in [1.165, 1.54) is 18.9 Å². The fourth-order valence-electron chi connectivity index (χ4n) is 2.49. The Morgan fingerprint density at radius 1 is 1.55 bits per heavy atom. The molecule has 110 valence electrons. The van der Waals surface area contributed by atoms with Crippen LogP contribution in [-0.2, 0) is 0 Å². The largest absolute Gasteiger partial charge is 0.367 e. The van der Waals surface area contributed by atoms with Crippen LogP contribution in [0.4, 0.5) is 15.8 Å². The summed E-state index contributed by atoms with van der Waals surface area (Å²) in [5, 5.41) is 14.5. The second kappa shape index (κ2) is 6.49. The summed E-state index contributed by atoms with van der Waals surface area (Å²) >= 11 is 3.08. The van der Waals surface area contributed by atoms with Crippen molar-refractivity contribution in [2.75, 3.05) is 25.0 Å². The lowest BCUT2D eigenvalue weighted by molar-refractivity contribution is -0.384. The van der Waals surface area contributed by atoms with E-state index in [0.717, 1.165) is 19.0 Å². The number of halogens is 2. The number of hydrogen-bond donors (Lipinski definition) is 1. The standard InChI is InChI=1S/C13H17BrFN3O2/c1-17(8-9-4-2-3-5-16-9)12-6-10(14)11(15)7-13(12)18(19)20/h6-7,9,16H,2-5,8H2,1H3. The van der Waals surface area contributed by atoms with Crippen molar-refractivity contribution in [3.8, 4) is 0 Å². The van der Waals surface area contributed by atoms with Crippen LogP contribution in [-0.4, -0.2) is 31.1 Å². The lowest BCUT2D eigenvalue weighted by Gasteiger charge is -2.29. The van der Waals surface area contributed by atoms with E-state index in [-0.39, 0.29) is 10.2 Å². The molecule has 5 nitrogen and oxygen atoms in total. The number of nitro groups is 1. The third-order valence-electron chi connectivity index (χ3n) is 3.53. The molecule has 0 radical (unpaired) electrons. The van der Waals surface area contributed by atoms with E-state index in [9.17, 15) is 14.5 Å². The van der Waals surface area contributed by atoms with Crippen LogP contribution in [0.2, 0.25) is 0 Å². The monoisotopic (exact) mass is 345 g/mol. The first kappa shape index (κ1) is 15.2. The van der Waals surface area contributed by atoms with E-state index in [2.05, 4.69) is 21.2 Å². The van der Waals surface area contributed by atoms with Crippen molar-refractivity contribution in [3.05, 3.63) is 32.5 Å². The van der Waals surface area contributed by atoms with Gasteiger partial charge in [-0.15, -0.1) is 0 Å². The first-order valence-corrected chi connectivity index (χ1v) is 7.36. The first-order valence-electron chi connectivity index (χ1n) is 6.57. The van der Waals surface area contributed by atoms with Crippen molar-refractivity contribution in [2.24, 2.45) is 0 Å². The third kappa shape index (κ3) is 3.46. The summed E-state index contributed by atoms with van der Waals surface area (Å²) in [6.45, 7) is 1.65. The van der Waals surface area contributed by atoms with Crippen LogP contribution in [0.15, 0.2) is 16.6 Å². The Balaban J connectivity index is 2.21. The van der Waals surface area contributed by atoms with Crippen molar-refractivity contribution in [1.82, 2.24) is 5.32 Å². The Morgan fingerprint density at radius 2 is 2.30 bits per heavy atom. The second-order valence-corrected chi connectivity index (χ2v) is 5.89. The number of nitro benzene ring substituents is 1. The molecular formula is C13H17BrFN3O2. The van der Waals surface area contributed by atoms with Crippen LogP contribution < -0.4 is 10.2 Å². The van der Waals surface area contributed by atoms with E-state index in [1.807, 2.05) is 4.90 Å². The molecule has 1 aromatic carbocycles. The van der Waals surface area contributed by atoms with Gasteiger partial charge in [0.25, 0.3) is 5.69 Å². The van der Waals surface area contributed by atoms with Gasteiger partial charge < -0.3 is 10.2 Å². The molecule has 1 aromatic rings. The Kier molecular flexibility index (Phi) is 4.93. The maximum atomic E-state index is 13.5. The van der Waals surface area contributed by atoms with Gasteiger partial charge in [0.15, 0.2) is 0 Å². The molecule has 0 amide bonds. The molecule has 0 aliphatic carbocycles. The summed E-state index contributed by atoms with van der Waals surface area (Å²) < 4.78 is 13.7. The van der Waals surface area contributed by atoms with Gasteiger partial charge in [-0.3, -0.25) is 10.1 Å².